The highest BCUT2D eigenvalue weighted by Gasteiger charge is 2.30. The number of rotatable bonds is 4. The maximum atomic E-state index is 12.8. The standard InChI is InChI=1S/C20H27ClN6O4/c1-12(2)23-14-10-15(21)22-11-13(14)16-24-25-17(30-16)18(28)26-6-8-27(9-7-26)19(29)31-20(3,4)5/h10-12H,6-9H2,1-5H3,(H,22,23). The number of nitrogens with one attached hydrogen (secondary N) is 1. The van der Waals surface area contributed by atoms with Crippen LogP contribution in [0.4, 0.5) is 10.5 Å². The SMILES string of the molecule is CC(C)Nc1cc(Cl)ncc1-c1nnc(C(=O)N2CCN(C(=O)OC(C)(C)C)CC2)o1. The Morgan fingerprint density at radius 1 is 1.16 bits per heavy atom. The monoisotopic (exact) mass is 450 g/mol. The summed E-state index contributed by atoms with van der Waals surface area (Å²) in [5, 5.41) is 11.5. The van der Waals surface area contributed by atoms with Crippen LogP contribution in [-0.2, 0) is 4.74 Å². The molecular weight excluding hydrogens is 424 g/mol. The Morgan fingerprint density at radius 3 is 2.42 bits per heavy atom. The van der Waals surface area contributed by atoms with Crippen molar-refractivity contribution in [2.75, 3.05) is 31.5 Å². The Kier molecular flexibility index (Phi) is 6.68. The maximum absolute atomic E-state index is 12.8. The van der Waals surface area contributed by atoms with E-state index in [-0.39, 0.29) is 29.8 Å². The van der Waals surface area contributed by atoms with Crippen LogP contribution in [0.3, 0.4) is 0 Å². The fourth-order valence-corrected chi connectivity index (χ4v) is 3.16. The number of ether oxygens (including phenoxy) is 1. The van der Waals surface area contributed by atoms with Crippen molar-refractivity contribution in [1.29, 1.82) is 0 Å². The molecule has 1 N–H and O–H groups in total. The molecule has 0 radical (unpaired) electrons. The highest BCUT2D eigenvalue weighted by Crippen LogP contribution is 2.29. The van der Waals surface area contributed by atoms with E-state index in [0.717, 1.165) is 0 Å². The van der Waals surface area contributed by atoms with Gasteiger partial charge in [0, 0.05) is 38.4 Å². The average molecular weight is 451 g/mol. The van der Waals surface area contributed by atoms with Gasteiger partial charge in [-0.25, -0.2) is 9.78 Å². The third-order valence-corrected chi connectivity index (χ3v) is 4.58. The van der Waals surface area contributed by atoms with Crippen molar-refractivity contribution < 1.29 is 18.7 Å². The molecule has 11 heteroatoms. The summed E-state index contributed by atoms with van der Waals surface area (Å²) >= 11 is 6.00. The summed E-state index contributed by atoms with van der Waals surface area (Å²) in [6.07, 6.45) is 1.13. The number of amides is 2. The lowest BCUT2D eigenvalue weighted by Crippen LogP contribution is -2.51. The molecule has 10 nitrogen and oxygen atoms in total. The van der Waals surface area contributed by atoms with Crippen molar-refractivity contribution in [2.45, 2.75) is 46.3 Å². The van der Waals surface area contributed by atoms with Gasteiger partial charge < -0.3 is 24.3 Å². The van der Waals surface area contributed by atoms with E-state index in [9.17, 15) is 9.59 Å². The first-order chi connectivity index (χ1) is 14.5. The molecule has 0 aromatic carbocycles. The molecule has 3 rings (SSSR count). The van der Waals surface area contributed by atoms with Gasteiger partial charge in [-0.05, 0) is 40.7 Å². The zero-order chi connectivity index (χ0) is 22.8. The molecule has 1 aliphatic heterocycles. The summed E-state index contributed by atoms with van der Waals surface area (Å²) in [6, 6.07) is 1.81. The van der Waals surface area contributed by atoms with E-state index in [1.54, 1.807) is 15.9 Å². The van der Waals surface area contributed by atoms with Crippen LogP contribution in [0.1, 0.15) is 45.3 Å². The second-order valence-corrected chi connectivity index (χ2v) is 8.91. The van der Waals surface area contributed by atoms with Crippen LogP contribution in [0.15, 0.2) is 16.7 Å². The van der Waals surface area contributed by atoms with E-state index in [1.807, 2.05) is 34.6 Å². The van der Waals surface area contributed by atoms with Crippen molar-refractivity contribution in [3.05, 3.63) is 23.3 Å². The summed E-state index contributed by atoms with van der Waals surface area (Å²) in [5.74, 6) is -0.336. The molecule has 3 heterocycles. The van der Waals surface area contributed by atoms with Crippen LogP contribution < -0.4 is 5.32 Å². The molecule has 2 amide bonds. The summed E-state index contributed by atoms with van der Waals surface area (Å²) < 4.78 is 11.0. The van der Waals surface area contributed by atoms with Crippen molar-refractivity contribution in [3.8, 4) is 11.5 Å². The van der Waals surface area contributed by atoms with Crippen LogP contribution in [0, 0.1) is 0 Å². The van der Waals surface area contributed by atoms with Gasteiger partial charge >= 0.3 is 17.9 Å². The summed E-state index contributed by atoms with van der Waals surface area (Å²) in [7, 11) is 0. The third-order valence-electron chi connectivity index (χ3n) is 4.37. The Bertz CT molecular complexity index is 947. The molecule has 0 unspecified atom stereocenters. The zero-order valence-electron chi connectivity index (χ0n) is 18.3. The first-order valence-corrected chi connectivity index (χ1v) is 10.4. The van der Waals surface area contributed by atoms with Gasteiger partial charge in [-0.2, -0.15) is 0 Å². The number of aromatic nitrogens is 3. The molecule has 0 saturated carbocycles. The van der Waals surface area contributed by atoms with Gasteiger partial charge in [0.1, 0.15) is 10.8 Å². The van der Waals surface area contributed by atoms with E-state index in [2.05, 4.69) is 20.5 Å². The number of hydrogen-bond donors (Lipinski definition) is 1. The number of nitrogens with zero attached hydrogens (tertiary/aromatic N) is 5. The predicted octanol–water partition coefficient (Wildman–Crippen LogP) is 3.30. The summed E-state index contributed by atoms with van der Waals surface area (Å²) in [6.45, 7) is 10.8. The second kappa shape index (κ2) is 9.09. The molecule has 1 fully saturated rings. The molecule has 0 aliphatic carbocycles. The minimum atomic E-state index is -0.565. The van der Waals surface area contributed by atoms with Crippen LogP contribution in [0.5, 0.6) is 0 Å². The first-order valence-electron chi connectivity index (χ1n) is 10.1. The van der Waals surface area contributed by atoms with Crippen molar-refractivity contribution in [3.63, 3.8) is 0 Å². The largest absolute Gasteiger partial charge is 0.444 e. The topological polar surface area (TPSA) is 114 Å². The molecule has 168 valence electrons. The van der Waals surface area contributed by atoms with Crippen LogP contribution >= 0.6 is 11.6 Å². The number of halogens is 1. The van der Waals surface area contributed by atoms with Gasteiger partial charge in [0.25, 0.3) is 5.89 Å². The second-order valence-electron chi connectivity index (χ2n) is 8.52. The minimum Gasteiger partial charge on any atom is -0.444 e. The number of hydrogen-bond acceptors (Lipinski definition) is 8. The predicted molar refractivity (Wildman–Crippen MR) is 115 cm³/mol. The highest BCUT2D eigenvalue weighted by molar-refractivity contribution is 6.29. The summed E-state index contributed by atoms with van der Waals surface area (Å²) in [4.78, 5) is 32.2. The van der Waals surface area contributed by atoms with Crippen molar-refractivity contribution in [1.82, 2.24) is 25.0 Å². The molecule has 0 atom stereocenters. The quantitative estimate of drug-likeness (QED) is 0.705. The lowest BCUT2D eigenvalue weighted by molar-refractivity contribution is 0.0136. The highest BCUT2D eigenvalue weighted by atomic mass is 35.5. The minimum absolute atomic E-state index is 0.119. The maximum Gasteiger partial charge on any atom is 0.410 e. The number of carbonyl (C=O) groups excluding carboxylic acids is 2. The van der Waals surface area contributed by atoms with E-state index < -0.39 is 5.60 Å². The van der Waals surface area contributed by atoms with E-state index >= 15 is 0 Å². The number of carbonyl (C=O) groups is 2. The molecule has 2 aromatic rings. The normalized spacial score (nSPS) is 14.7. The molecule has 0 spiro atoms. The lowest BCUT2D eigenvalue weighted by atomic mass is 10.2. The van der Waals surface area contributed by atoms with Crippen LogP contribution in [-0.4, -0.2) is 74.8 Å². The number of piperazine rings is 1. The molecule has 2 aromatic heterocycles. The van der Waals surface area contributed by atoms with Crippen LogP contribution in [0.25, 0.3) is 11.5 Å². The molecular formula is C20H27ClN6O4. The molecule has 1 saturated heterocycles. The fraction of sp³-hybridized carbons (Fsp3) is 0.550. The smallest absolute Gasteiger partial charge is 0.410 e. The van der Waals surface area contributed by atoms with Crippen molar-refractivity contribution >= 4 is 29.3 Å². The first kappa shape index (κ1) is 22.8. The Morgan fingerprint density at radius 2 is 1.81 bits per heavy atom. The van der Waals surface area contributed by atoms with E-state index in [4.69, 9.17) is 20.8 Å². The third kappa shape index (κ3) is 5.84. The average Bonchev–Trinajstić information content (AvgIpc) is 3.15. The molecule has 1 aliphatic rings. The van der Waals surface area contributed by atoms with E-state index in [0.29, 0.717) is 42.6 Å². The van der Waals surface area contributed by atoms with Gasteiger partial charge in [-0.1, -0.05) is 11.6 Å². The molecule has 0 bridgehead atoms. The van der Waals surface area contributed by atoms with Gasteiger partial charge in [0.15, 0.2) is 0 Å². The Hall–Kier alpha value is -2.88. The molecule has 31 heavy (non-hydrogen) atoms. The van der Waals surface area contributed by atoms with Crippen LogP contribution in [0.2, 0.25) is 5.15 Å². The zero-order valence-corrected chi connectivity index (χ0v) is 19.1. The number of pyridine rings is 1. The number of anilines is 1. The van der Waals surface area contributed by atoms with E-state index in [1.165, 1.54) is 6.20 Å². The van der Waals surface area contributed by atoms with Crippen molar-refractivity contribution in [2.24, 2.45) is 0 Å². The summed E-state index contributed by atoms with van der Waals surface area (Å²) in [5.41, 5.74) is 0.673. The lowest BCUT2D eigenvalue weighted by Gasteiger charge is -2.34. The van der Waals surface area contributed by atoms with Gasteiger partial charge in [-0.3, -0.25) is 4.79 Å². The fourth-order valence-electron chi connectivity index (χ4n) is 3.00. The van der Waals surface area contributed by atoms with Gasteiger partial charge in [0.2, 0.25) is 0 Å². The van der Waals surface area contributed by atoms with Gasteiger partial charge in [0.05, 0.1) is 11.3 Å². The van der Waals surface area contributed by atoms with Gasteiger partial charge in [-0.15, -0.1) is 10.2 Å². The Labute approximate surface area is 185 Å². The Balaban J connectivity index is 1.67.